The first kappa shape index (κ1) is 17.4. The summed E-state index contributed by atoms with van der Waals surface area (Å²) in [6.45, 7) is 9.05. The third-order valence-corrected chi connectivity index (χ3v) is 4.31. The number of likely N-dealkylation sites (tertiary alicyclic amines) is 1. The highest BCUT2D eigenvalue weighted by molar-refractivity contribution is 5.75. The number of hydrogen-bond donors (Lipinski definition) is 1. The largest absolute Gasteiger partial charge is 0.353 e. The van der Waals surface area contributed by atoms with E-state index in [1.807, 2.05) is 0 Å². The molecule has 0 saturated carbocycles. The summed E-state index contributed by atoms with van der Waals surface area (Å²) >= 11 is 0. The van der Waals surface area contributed by atoms with Crippen LogP contribution >= 0.6 is 0 Å². The molecule has 2 heterocycles. The Labute approximate surface area is 136 Å². The molecule has 0 aliphatic carbocycles. The number of aromatic nitrogens is 2. The molecule has 1 aliphatic heterocycles. The second kappa shape index (κ2) is 7.54. The predicted octanol–water partition coefficient (Wildman–Crippen LogP) is 1.26. The van der Waals surface area contributed by atoms with Gasteiger partial charge >= 0.3 is 5.69 Å². The number of carbonyl (C=O) groups is 1. The molecule has 1 fully saturated rings. The first-order valence-electron chi connectivity index (χ1n) is 8.06. The molecule has 0 bridgehead atoms. The normalized spacial score (nSPS) is 18.8. The lowest BCUT2D eigenvalue weighted by Gasteiger charge is -2.30. The Morgan fingerprint density at radius 2 is 2.22 bits per heavy atom. The van der Waals surface area contributed by atoms with Crippen molar-refractivity contribution in [3.05, 3.63) is 21.5 Å². The van der Waals surface area contributed by atoms with Crippen molar-refractivity contribution in [3.63, 3.8) is 0 Å². The maximum atomic E-state index is 12.0. The summed E-state index contributed by atoms with van der Waals surface area (Å²) in [6.07, 6.45) is 2.49. The molecule has 8 heteroatoms. The number of nitrogens with zero attached hydrogens (tertiary/aromatic N) is 4. The minimum atomic E-state index is -0.455. The first-order valence-corrected chi connectivity index (χ1v) is 8.06. The molecule has 1 aromatic rings. The smallest absolute Gasteiger partial charge is 0.312 e. The van der Waals surface area contributed by atoms with E-state index < -0.39 is 4.92 Å². The van der Waals surface area contributed by atoms with Crippen molar-refractivity contribution in [1.82, 2.24) is 20.0 Å². The number of nitrogens with one attached hydrogen (secondary N) is 1. The summed E-state index contributed by atoms with van der Waals surface area (Å²) in [7, 11) is 0. The zero-order chi connectivity index (χ0) is 17.0. The molecule has 1 N–H and O–H groups in total. The van der Waals surface area contributed by atoms with Gasteiger partial charge in [0.25, 0.3) is 0 Å². The summed E-state index contributed by atoms with van der Waals surface area (Å²) in [5, 5.41) is 17.9. The molecule has 1 saturated heterocycles. The summed E-state index contributed by atoms with van der Waals surface area (Å²) in [6, 6.07) is 0. The number of rotatable bonds is 6. The SMILES string of the molecule is Cc1nn(CC(=O)NCCN2CCC[C@H](C)C2)c(C)c1[N+](=O)[O-]. The zero-order valence-corrected chi connectivity index (χ0v) is 14.0. The van der Waals surface area contributed by atoms with Crippen LogP contribution < -0.4 is 5.32 Å². The quantitative estimate of drug-likeness (QED) is 0.628. The van der Waals surface area contributed by atoms with Crippen molar-refractivity contribution in [2.24, 2.45) is 5.92 Å². The van der Waals surface area contributed by atoms with E-state index in [2.05, 4.69) is 22.2 Å². The summed E-state index contributed by atoms with van der Waals surface area (Å²) in [4.78, 5) is 24.9. The Balaban J connectivity index is 1.81. The molecule has 0 aromatic carbocycles. The highest BCUT2D eigenvalue weighted by atomic mass is 16.6. The van der Waals surface area contributed by atoms with Gasteiger partial charge < -0.3 is 10.2 Å². The summed E-state index contributed by atoms with van der Waals surface area (Å²) in [5.74, 6) is 0.547. The summed E-state index contributed by atoms with van der Waals surface area (Å²) < 4.78 is 1.39. The van der Waals surface area contributed by atoms with E-state index in [1.165, 1.54) is 17.5 Å². The Morgan fingerprint density at radius 1 is 1.48 bits per heavy atom. The van der Waals surface area contributed by atoms with Gasteiger partial charge in [0.2, 0.25) is 5.91 Å². The molecule has 0 spiro atoms. The van der Waals surface area contributed by atoms with Crippen LogP contribution in [0.4, 0.5) is 5.69 Å². The van der Waals surface area contributed by atoms with E-state index in [0.717, 1.165) is 25.6 Å². The molecule has 1 aliphatic rings. The van der Waals surface area contributed by atoms with Gasteiger partial charge in [0.05, 0.1) is 4.92 Å². The molecule has 1 atom stereocenters. The van der Waals surface area contributed by atoms with E-state index >= 15 is 0 Å². The highest BCUT2D eigenvalue weighted by Gasteiger charge is 2.22. The van der Waals surface area contributed by atoms with Crippen molar-refractivity contribution < 1.29 is 9.72 Å². The zero-order valence-electron chi connectivity index (χ0n) is 14.0. The number of piperidine rings is 1. The fourth-order valence-electron chi connectivity index (χ4n) is 3.14. The second-order valence-electron chi connectivity index (χ2n) is 6.33. The molecule has 1 aromatic heterocycles. The van der Waals surface area contributed by atoms with Gasteiger partial charge in [-0.3, -0.25) is 19.6 Å². The van der Waals surface area contributed by atoms with Crippen LogP contribution in [0.3, 0.4) is 0 Å². The van der Waals surface area contributed by atoms with Gasteiger partial charge in [-0.1, -0.05) is 6.92 Å². The van der Waals surface area contributed by atoms with Gasteiger partial charge in [-0.25, -0.2) is 0 Å². The maximum Gasteiger partial charge on any atom is 0.312 e. The van der Waals surface area contributed by atoms with Crippen molar-refractivity contribution in [2.75, 3.05) is 26.2 Å². The molecular weight excluding hydrogens is 298 g/mol. The van der Waals surface area contributed by atoms with Crippen molar-refractivity contribution >= 4 is 11.6 Å². The molecule has 0 unspecified atom stereocenters. The molecule has 2 rings (SSSR count). The van der Waals surface area contributed by atoms with Crippen molar-refractivity contribution in [3.8, 4) is 0 Å². The van der Waals surface area contributed by atoms with Gasteiger partial charge in [0.1, 0.15) is 17.9 Å². The highest BCUT2D eigenvalue weighted by Crippen LogP contribution is 2.21. The Hall–Kier alpha value is -1.96. The average molecular weight is 323 g/mol. The third-order valence-electron chi connectivity index (χ3n) is 4.31. The lowest BCUT2D eigenvalue weighted by atomic mass is 10.0. The van der Waals surface area contributed by atoms with Crippen molar-refractivity contribution in [2.45, 2.75) is 40.2 Å². The van der Waals surface area contributed by atoms with Crippen molar-refractivity contribution in [1.29, 1.82) is 0 Å². The van der Waals surface area contributed by atoms with Crippen LogP contribution in [-0.2, 0) is 11.3 Å². The lowest BCUT2D eigenvalue weighted by Crippen LogP contribution is -2.40. The molecular formula is C15H25N5O3. The van der Waals surface area contributed by atoms with Gasteiger partial charge in [-0.05, 0) is 39.2 Å². The van der Waals surface area contributed by atoms with Gasteiger partial charge in [-0.2, -0.15) is 5.10 Å². The van der Waals surface area contributed by atoms with Crippen LogP contribution in [0.5, 0.6) is 0 Å². The van der Waals surface area contributed by atoms with E-state index in [0.29, 0.717) is 17.9 Å². The Bertz CT molecular complexity index is 584. The maximum absolute atomic E-state index is 12.0. The number of hydrogen-bond acceptors (Lipinski definition) is 5. The van der Waals surface area contributed by atoms with Crippen LogP contribution in [0.25, 0.3) is 0 Å². The molecule has 128 valence electrons. The molecule has 23 heavy (non-hydrogen) atoms. The molecule has 1 amide bonds. The van der Waals surface area contributed by atoms with Gasteiger partial charge in [0.15, 0.2) is 0 Å². The van der Waals surface area contributed by atoms with Crippen LogP contribution in [-0.4, -0.2) is 51.7 Å². The number of carbonyl (C=O) groups excluding carboxylic acids is 1. The number of aryl methyl sites for hydroxylation is 1. The molecule has 8 nitrogen and oxygen atoms in total. The van der Waals surface area contributed by atoms with E-state index in [4.69, 9.17) is 0 Å². The average Bonchev–Trinajstić information content (AvgIpc) is 2.73. The van der Waals surface area contributed by atoms with Crippen LogP contribution in [0, 0.1) is 29.9 Å². The second-order valence-corrected chi connectivity index (χ2v) is 6.33. The lowest BCUT2D eigenvalue weighted by molar-refractivity contribution is -0.386. The number of nitro groups is 1. The van der Waals surface area contributed by atoms with E-state index in [1.54, 1.807) is 13.8 Å². The Morgan fingerprint density at radius 3 is 2.83 bits per heavy atom. The predicted molar refractivity (Wildman–Crippen MR) is 86.2 cm³/mol. The van der Waals surface area contributed by atoms with Crippen LogP contribution in [0.15, 0.2) is 0 Å². The third kappa shape index (κ3) is 4.51. The first-order chi connectivity index (χ1) is 10.9. The fourth-order valence-corrected chi connectivity index (χ4v) is 3.14. The minimum absolute atomic E-state index is 0.0108. The fraction of sp³-hybridized carbons (Fsp3) is 0.733. The van der Waals surface area contributed by atoms with Crippen LogP contribution in [0.1, 0.15) is 31.2 Å². The number of amides is 1. The van der Waals surface area contributed by atoms with Gasteiger partial charge in [-0.15, -0.1) is 0 Å². The van der Waals surface area contributed by atoms with Gasteiger partial charge in [0, 0.05) is 19.6 Å². The molecule has 0 radical (unpaired) electrons. The standard InChI is InChI=1S/C15H25N5O3/c1-11-5-4-7-18(9-11)8-6-16-14(21)10-19-13(3)15(20(22)23)12(2)17-19/h11H,4-10H2,1-3H3,(H,16,21)/t11-/m0/s1. The Kier molecular flexibility index (Phi) is 5.70. The van der Waals surface area contributed by atoms with E-state index in [9.17, 15) is 14.9 Å². The monoisotopic (exact) mass is 323 g/mol. The minimum Gasteiger partial charge on any atom is -0.353 e. The topological polar surface area (TPSA) is 93.3 Å². The summed E-state index contributed by atoms with van der Waals surface area (Å²) in [5.41, 5.74) is 0.732. The van der Waals surface area contributed by atoms with E-state index in [-0.39, 0.29) is 18.1 Å². The van der Waals surface area contributed by atoms with Crippen LogP contribution in [0.2, 0.25) is 0 Å².